The van der Waals surface area contributed by atoms with Crippen LogP contribution in [0.5, 0.6) is 5.75 Å². The molecular weight excluding hydrogens is 340 g/mol. The van der Waals surface area contributed by atoms with Gasteiger partial charge in [-0.2, -0.15) is 0 Å². The minimum Gasteiger partial charge on any atom is -0.493 e. The summed E-state index contributed by atoms with van der Waals surface area (Å²) in [5.74, 6) is 0.871. The van der Waals surface area contributed by atoms with E-state index in [1.807, 2.05) is 13.0 Å². The Labute approximate surface area is 134 Å². The lowest BCUT2D eigenvalue weighted by atomic mass is 10.0. The van der Waals surface area contributed by atoms with Gasteiger partial charge in [0.15, 0.2) is 0 Å². The van der Waals surface area contributed by atoms with Crippen molar-refractivity contribution in [3.8, 4) is 5.75 Å². The molecule has 1 aromatic rings. The molecule has 2 unspecified atom stereocenters. The van der Waals surface area contributed by atoms with E-state index in [9.17, 15) is 0 Å². The molecule has 0 amide bonds. The van der Waals surface area contributed by atoms with Crippen molar-refractivity contribution in [1.29, 1.82) is 0 Å². The Morgan fingerprint density at radius 1 is 1.45 bits per heavy atom. The Hall–Kier alpha value is -0.250. The summed E-state index contributed by atoms with van der Waals surface area (Å²) in [7, 11) is 0. The van der Waals surface area contributed by atoms with Crippen LogP contribution in [0, 0.1) is 0 Å². The smallest absolute Gasteiger partial charge is 0.133 e. The lowest BCUT2D eigenvalue weighted by molar-refractivity contribution is 0.0100. The first kappa shape index (κ1) is 16.1. The number of halogens is 2. The largest absolute Gasteiger partial charge is 0.493 e. The second-order valence-electron chi connectivity index (χ2n) is 5.16. The van der Waals surface area contributed by atoms with Crippen LogP contribution in [0.15, 0.2) is 22.7 Å². The number of ether oxygens (including phenoxy) is 2. The van der Waals surface area contributed by atoms with E-state index in [4.69, 9.17) is 21.1 Å². The van der Waals surface area contributed by atoms with Crippen LogP contribution in [-0.4, -0.2) is 19.3 Å². The quantitative estimate of drug-likeness (QED) is 0.625. The first-order valence-electron chi connectivity index (χ1n) is 7.38. The van der Waals surface area contributed by atoms with E-state index in [0.717, 1.165) is 35.2 Å². The molecule has 1 fully saturated rings. The average Bonchev–Trinajstić information content (AvgIpc) is 2.48. The Kier molecular flexibility index (Phi) is 6.66. The third-order valence-electron chi connectivity index (χ3n) is 3.63. The van der Waals surface area contributed by atoms with Crippen LogP contribution >= 0.6 is 27.5 Å². The first-order chi connectivity index (χ1) is 9.70. The standard InChI is InChI=1S/C16H22BrClO2/c1-2-19-16-9-6-12(11-14(16)17)15(18)8-7-13-5-3-4-10-20-13/h6,9,11,13,15H,2-5,7-8,10H2,1H3. The minimum atomic E-state index is 0.0347. The van der Waals surface area contributed by atoms with Gasteiger partial charge in [-0.25, -0.2) is 0 Å². The molecule has 1 heterocycles. The van der Waals surface area contributed by atoms with E-state index in [0.29, 0.717) is 12.7 Å². The summed E-state index contributed by atoms with van der Waals surface area (Å²) >= 11 is 10.0. The molecule has 2 nitrogen and oxygen atoms in total. The fourth-order valence-corrected chi connectivity index (χ4v) is 3.29. The molecule has 112 valence electrons. The monoisotopic (exact) mass is 360 g/mol. The van der Waals surface area contributed by atoms with Crippen molar-refractivity contribution in [1.82, 2.24) is 0 Å². The van der Waals surface area contributed by atoms with Crippen LogP contribution in [0.4, 0.5) is 0 Å². The summed E-state index contributed by atoms with van der Waals surface area (Å²) in [6, 6.07) is 6.09. The molecule has 4 heteroatoms. The van der Waals surface area contributed by atoms with Crippen molar-refractivity contribution in [2.75, 3.05) is 13.2 Å². The highest BCUT2D eigenvalue weighted by Crippen LogP contribution is 2.33. The number of hydrogen-bond donors (Lipinski definition) is 0. The van der Waals surface area contributed by atoms with Gasteiger partial charge in [-0.3, -0.25) is 0 Å². The predicted octanol–water partition coefficient (Wildman–Crippen LogP) is 5.48. The highest BCUT2D eigenvalue weighted by Gasteiger charge is 2.17. The van der Waals surface area contributed by atoms with Gasteiger partial charge >= 0.3 is 0 Å². The van der Waals surface area contributed by atoms with Gasteiger partial charge < -0.3 is 9.47 Å². The number of alkyl halides is 1. The number of hydrogen-bond acceptors (Lipinski definition) is 2. The molecule has 2 rings (SSSR count). The third-order valence-corrected chi connectivity index (χ3v) is 4.72. The average molecular weight is 362 g/mol. The SMILES string of the molecule is CCOc1ccc(C(Cl)CCC2CCCCO2)cc1Br. The fourth-order valence-electron chi connectivity index (χ4n) is 2.52. The lowest BCUT2D eigenvalue weighted by Gasteiger charge is -2.23. The summed E-state index contributed by atoms with van der Waals surface area (Å²) in [6.07, 6.45) is 6.05. The molecule has 0 spiro atoms. The van der Waals surface area contributed by atoms with Gasteiger partial charge in [-0.05, 0) is 72.7 Å². The van der Waals surface area contributed by atoms with Gasteiger partial charge in [-0.15, -0.1) is 11.6 Å². The fraction of sp³-hybridized carbons (Fsp3) is 0.625. The molecule has 0 saturated carbocycles. The summed E-state index contributed by atoms with van der Waals surface area (Å²) < 4.78 is 12.2. The van der Waals surface area contributed by atoms with Crippen molar-refractivity contribution in [3.05, 3.63) is 28.2 Å². The van der Waals surface area contributed by atoms with Crippen LogP contribution in [0.3, 0.4) is 0 Å². The van der Waals surface area contributed by atoms with Gasteiger partial charge in [0.05, 0.1) is 22.6 Å². The summed E-state index contributed by atoms with van der Waals surface area (Å²) in [6.45, 7) is 3.56. The molecule has 1 saturated heterocycles. The van der Waals surface area contributed by atoms with Crippen molar-refractivity contribution in [2.24, 2.45) is 0 Å². The van der Waals surface area contributed by atoms with E-state index >= 15 is 0 Å². The summed E-state index contributed by atoms with van der Waals surface area (Å²) in [4.78, 5) is 0. The van der Waals surface area contributed by atoms with Crippen LogP contribution in [0.2, 0.25) is 0 Å². The summed E-state index contributed by atoms with van der Waals surface area (Å²) in [5.41, 5.74) is 1.14. The molecular formula is C16H22BrClO2. The van der Waals surface area contributed by atoms with Crippen LogP contribution < -0.4 is 4.74 Å². The van der Waals surface area contributed by atoms with Gasteiger partial charge in [0, 0.05) is 6.61 Å². The molecule has 0 radical (unpaired) electrons. The molecule has 0 aliphatic carbocycles. The first-order valence-corrected chi connectivity index (χ1v) is 8.61. The highest BCUT2D eigenvalue weighted by molar-refractivity contribution is 9.10. The Balaban J connectivity index is 1.88. The molecule has 0 aromatic heterocycles. The zero-order valence-corrected chi connectivity index (χ0v) is 14.3. The normalized spacial score (nSPS) is 20.6. The molecule has 20 heavy (non-hydrogen) atoms. The Bertz CT molecular complexity index is 419. The molecule has 2 atom stereocenters. The maximum Gasteiger partial charge on any atom is 0.133 e. The second kappa shape index (κ2) is 8.26. The van der Waals surface area contributed by atoms with Crippen molar-refractivity contribution in [3.63, 3.8) is 0 Å². The molecule has 1 aromatic carbocycles. The van der Waals surface area contributed by atoms with Crippen molar-refractivity contribution in [2.45, 2.75) is 50.5 Å². The third kappa shape index (κ3) is 4.64. The van der Waals surface area contributed by atoms with Crippen molar-refractivity contribution < 1.29 is 9.47 Å². The topological polar surface area (TPSA) is 18.5 Å². The maximum atomic E-state index is 6.51. The highest BCUT2D eigenvalue weighted by atomic mass is 79.9. The van der Waals surface area contributed by atoms with Gasteiger partial charge in [-0.1, -0.05) is 6.07 Å². The zero-order chi connectivity index (χ0) is 14.4. The molecule has 0 N–H and O–H groups in total. The lowest BCUT2D eigenvalue weighted by Crippen LogP contribution is -2.19. The van der Waals surface area contributed by atoms with E-state index in [1.54, 1.807) is 0 Å². The van der Waals surface area contributed by atoms with E-state index in [2.05, 4.69) is 28.1 Å². The Morgan fingerprint density at radius 2 is 2.30 bits per heavy atom. The van der Waals surface area contributed by atoms with Gasteiger partial charge in [0.1, 0.15) is 5.75 Å². The van der Waals surface area contributed by atoms with Crippen LogP contribution in [-0.2, 0) is 4.74 Å². The van der Waals surface area contributed by atoms with E-state index in [-0.39, 0.29) is 5.38 Å². The molecule has 0 bridgehead atoms. The van der Waals surface area contributed by atoms with Gasteiger partial charge in [0.25, 0.3) is 0 Å². The van der Waals surface area contributed by atoms with E-state index < -0.39 is 0 Å². The Morgan fingerprint density at radius 3 is 2.95 bits per heavy atom. The molecule has 1 aliphatic heterocycles. The number of rotatable bonds is 6. The van der Waals surface area contributed by atoms with Crippen LogP contribution in [0.25, 0.3) is 0 Å². The minimum absolute atomic E-state index is 0.0347. The summed E-state index contributed by atoms with van der Waals surface area (Å²) in [5, 5.41) is 0.0347. The number of benzene rings is 1. The maximum absolute atomic E-state index is 6.51. The van der Waals surface area contributed by atoms with Crippen molar-refractivity contribution >= 4 is 27.5 Å². The van der Waals surface area contributed by atoms with Crippen LogP contribution in [0.1, 0.15) is 50.0 Å². The van der Waals surface area contributed by atoms with Gasteiger partial charge in [0.2, 0.25) is 0 Å². The molecule has 1 aliphatic rings. The second-order valence-corrected chi connectivity index (χ2v) is 6.54. The van der Waals surface area contributed by atoms with E-state index in [1.165, 1.54) is 19.3 Å². The zero-order valence-electron chi connectivity index (χ0n) is 11.9. The predicted molar refractivity (Wildman–Crippen MR) is 86.7 cm³/mol.